The van der Waals surface area contributed by atoms with Crippen LogP contribution in [0.1, 0.15) is 0 Å². The summed E-state index contributed by atoms with van der Waals surface area (Å²) in [6, 6.07) is 3.85. The van der Waals surface area contributed by atoms with Gasteiger partial charge >= 0.3 is 0 Å². The Morgan fingerprint density at radius 3 is 3.17 bits per heavy atom. The summed E-state index contributed by atoms with van der Waals surface area (Å²) in [7, 11) is 0. The number of thiazole rings is 1. The summed E-state index contributed by atoms with van der Waals surface area (Å²) in [5.74, 6) is 0. The van der Waals surface area contributed by atoms with E-state index >= 15 is 0 Å². The lowest BCUT2D eigenvalue weighted by molar-refractivity contribution is 0.315. The van der Waals surface area contributed by atoms with Crippen LogP contribution in [-0.2, 0) is 0 Å². The smallest absolute Gasteiger partial charge is 0.162 e. The molecule has 12 heavy (non-hydrogen) atoms. The molecule has 0 bridgehead atoms. The van der Waals surface area contributed by atoms with Crippen molar-refractivity contribution in [2.45, 2.75) is 0 Å². The molecule has 0 amide bonds. The van der Waals surface area contributed by atoms with Gasteiger partial charge in [0.1, 0.15) is 11.0 Å². The van der Waals surface area contributed by atoms with Gasteiger partial charge in [0.25, 0.3) is 0 Å². The second-order valence-corrected chi connectivity index (χ2v) is 3.28. The predicted octanol–water partition coefficient (Wildman–Crippen LogP) is 1.83. The Balaban J connectivity index is 2.71. The van der Waals surface area contributed by atoms with Gasteiger partial charge in [-0.2, -0.15) is 0 Å². The minimum absolute atomic E-state index is 0.744. The van der Waals surface area contributed by atoms with Gasteiger partial charge in [-0.25, -0.2) is 9.61 Å². The van der Waals surface area contributed by atoms with Crippen molar-refractivity contribution in [3.63, 3.8) is 0 Å². The van der Waals surface area contributed by atoms with Crippen molar-refractivity contribution in [3.8, 4) is 0 Å². The maximum atomic E-state index is 4.61. The van der Waals surface area contributed by atoms with Crippen molar-refractivity contribution < 1.29 is 4.63 Å². The van der Waals surface area contributed by atoms with E-state index in [1.165, 1.54) is 0 Å². The average molecular weight is 177 g/mol. The molecule has 0 aliphatic heterocycles. The molecule has 58 valence electrons. The van der Waals surface area contributed by atoms with Crippen LogP contribution in [0.15, 0.2) is 22.3 Å². The first-order valence-corrected chi connectivity index (χ1v) is 4.27. The van der Waals surface area contributed by atoms with Gasteiger partial charge in [0.15, 0.2) is 5.52 Å². The number of rotatable bonds is 0. The number of hydrogen-bond donors (Lipinski definition) is 0. The van der Waals surface area contributed by atoms with Gasteiger partial charge in [-0.3, -0.25) is 0 Å². The first-order valence-electron chi connectivity index (χ1n) is 3.39. The number of aromatic nitrogens is 3. The Morgan fingerprint density at radius 2 is 2.17 bits per heavy atom. The fourth-order valence-corrected chi connectivity index (χ4v) is 1.85. The number of fused-ring (bicyclic) bond motifs is 3. The molecule has 0 unspecified atom stereocenters. The topological polar surface area (TPSA) is 51.8 Å². The van der Waals surface area contributed by atoms with Crippen LogP contribution in [0.2, 0.25) is 0 Å². The van der Waals surface area contributed by atoms with E-state index in [-0.39, 0.29) is 0 Å². The molecule has 4 nitrogen and oxygen atoms in total. The highest BCUT2D eigenvalue weighted by Crippen LogP contribution is 2.23. The lowest BCUT2D eigenvalue weighted by atomic mass is 10.3. The molecule has 0 atom stereocenters. The van der Waals surface area contributed by atoms with Gasteiger partial charge in [-0.1, -0.05) is 0 Å². The molecule has 0 saturated carbocycles. The van der Waals surface area contributed by atoms with Crippen LogP contribution in [-0.4, -0.2) is 15.3 Å². The second-order valence-electron chi connectivity index (χ2n) is 2.40. The molecule has 3 aromatic rings. The molecular formula is C7H3N3OS. The molecule has 0 saturated heterocycles. The van der Waals surface area contributed by atoms with E-state index in [0.29, 0.717) is 0 Å². The second kappa shape index (κ2) is 2.01. The fraction of sp³-hybridized carbons (Fsp3) is 0. The monoisotopic (exact) mass is 177 g/mol. The lowest BCUT2D eigenvalue weighted by Gasteiger charge is -1.84. The number of benzene rings is 1. The Labute approximate surface area is 70.8 Å². The van der Waals surface area contributed by atoms with Crippen LogP contribution < -0.4 is 0 Å². The molecule has 2 heterocycles. The summed E-state index contributed by atoms with van der Waals surface area (Å²) >= 11 is 1.58. The Bertz CT molecular complexity index is 492. The van der Waals surface area contributed by atoms with Crippen LogP contribution in [0.4, 0.5) is 0 Å². The maximum absolute atomic E-state index is 4.61. The molecule has 0 N–H and O–H groups in total. The third-order valence-electron chi connectivity index (χ3n) is 1.73. The maximum Gasteiger partial charge on any atom is 0.162 e. The van der Waals surface area contributed by atoms with Gasteiger partial charge in [0.2, 0.25) is 0 Å². The molecule has 2 aromatic heterocycles. The summed E-state index contributed by atoms with van der Waals surface area (Å²) < 4.78 is 5.72. The standard InChI is InChI=1S/C7H3N3OS/c1-2-5-7(8-3-12-5)6-4(1)9-11-10-6/h1-3H. The minimum atomic E-state index is 0.744. The normalized spacial score (nSPS) is 11.3. The van der Waals surface area contributed by atoms with E-state index in [9.17, 15) is 0 Å². The molecule has 0 aliphatic carbocycles. The fourth-order valence-electron chi connectivity index (χ4n) is 1.18. The van der Waals surface area contributed by atoms with Crippen LogP contribution in [0.5, 0.6) is 0 Å². The summed E-state index contributed by atoms with van der Waals surface area (Å²) in [6.45, 7) is 0. The van der Waals surface area contributed by atoms with E-state index in [1.54, 1.807) is 16.8 Å². The highest BCUT2D eigenvalue weighted by molar-refractivity contribution is 7.16. The quantitative estimate of drug-likeness (QED) is 0.525. The van der Waals surface area contributed by atoms with E-state index < -0.39 is 0 Å². The summed E-state index contributed by atoms with van der Waals surface area (Å²) in [6.07, 6.45) is 0. The molecule has 0 fully saturated rings. The van der Waals surface area contributed by atoms with Gasteiger partial charge in [0, 0.05) is 0 Å². The number of hydrogen-bond acceptors (Lipinski definition) is 5. The summed E-state index contributed by atoms with van der Waals surface area (Å²) in [4.78, 5) is 4.18. The Kier molecular flexibility index (Phi) is 1.02. The average Bonchev–Trinajstić information content (AvgIpc) is 2.71. The van der Waals surface area contributed by atoms with Crippen molar-refractivity contribution >= 4 is 32.6 Å². The summed E-state index contributed by atoms with van der Waals surface area (Å²) in [5.41, 5.74) is 4.17. The van der Waals surface area contributed by atoms with E-state index in [1.807, 2.05) is 12.1 Å². The van der Waals surface area contributed by atoms with Gasteiger partial charge < -0.3 is 0 Å². The van der Waals surface area contributed by atoms with Crippen molar-refractivity contribution in [3.05, 3.63) is 17.6 Å². The zero-order valence-corrected chi connectivity index (χ0v) is 6.71. The predicted molar refractivity (Wildman–Crippen MR) is 45.0 cm³/mol. The van der Waals surface area contributed by atoms with Crippen molar-refractivity contribution in [2.75, 3.05) is 0 Å². The molecule has 3 rings (SSSR count). The SMILES string of the molecule is c1nc2c(ccc3nonc32)s1. The first kappa shape index (κ1) is 6.07. The largest absolute Gasteiger partial charge is 0.243 e. The lowest BCUT2D eigenvalue weighted by Crippen LogP contribution is -1.71. The van der Waals surface area contributed by atoms with Crippen LogP contribution >= 0.6 is 11.3 Å². The Morgan fingerprint density at radius 1 is 1.17 bits per heavy atom. The zero-order chi connectivity index (χ0) is 7.97. The molecule has 0 aliphatic rings. The Hall–Kier alpha value is -1.49. The van der Waals surface area contributed by atoms with Gasteiger partial charge in [-0.15, -0.1) is 11.3 Å². The highest BCUT2D eigenvalue weighted by atomic mass is 32.1. The summed E-state index contributed by atoms with van der Waals surface area (Å²) in [5, 5.41) is 7.50. The van der Waals surface area contributed by atoms with E-state index in [0.717, 1.165) is 21.3 Å². The van der Waals surface area contributed by atoms with Crippen molar-refractivity contribution in [1.82, 2.24) is 15.3 Å². The van der Waals surface area contributed by atoms with Crippen molar-refractivity contribution in [2.24, 2.45) is 0 Å². The van der Waals surface area contributed by atoms with Crippen LogP contribution in [0.3, 0.4) is 0 Å². The van der Waals surface area contributed by atoms with Crippen LogP contribution in [0, 0.1) is 0 Å². The molecule has 5 heteroatoms. The zero-order valence-electron chi connectivity index (χ0n) is 5.89. The first-order chi connectivity index (χ1) is 5.95. The molecule has 1 aromatic carbocycles. The molecular weight excluding hydrogens is 174 g/mol. The minimum Gasteiger partial charge on any atom is -0.243 e. The van der Waals surface area contributed by atoms with Gasteiger partial charge in [0.05, 0.1) is 10.2 Å². The van der Waals surface area contributed by atoms with E-state index in [4.69, 9.17) is 0 Å². The number of nitrogens with zero attached hydrogens (tertiary/aromatic N) is 3. The third-order valence-corrected chi connectivity index (χ3v) is 2.52. The molecule has 0 radical (unpaired) electrons. The third kappa shape index (κ3) is 0.634. The van der Waals surface area contributed by atoms with Crippen LogP contribution in [0.25, 0.3) is 21.3 Å². The highest BCUT2D eigenvalue weighted by Gasteiger charge is 2.06. The van der Waals surface area contributed by atoms with E-state index in [2.05, 4.69) is 19.9 Å². The molecule has 0 spiro atoms. The van der Waals surface area contributed by atoms with Gasteiger partial charge in [-0.05, 0) is 22.4 Å². The van der Waals surface area contributed by atoms with Crippen molar-refractivity contribution in [1.29, 1.82) is 0 Å².